The fraction of sp³-hybridized carbons (Fsp3) is 0.778. The van der Waals surface area contributed by atoms with Gasteiger partial charge in [0.05, 0.1) is 11.7 Å². The summed E-state index contributed by atoms with van der Waals surface area (Å²) >= 11 is 0. The molecule has 164 valence electrons. The van der Waals surface area contributed by atoms with Gasteiger partial charge in [0, 0.05) is 4.11 Å². The van der Waals surface area contributed by atoms with E-state index in [0.29, 0.717) is 12.3 Å². The van der Waals surface area contributed by atoms with Gasteiger partial charge in [0.2, 0.25) is 0 Å². The van der Waals surface area contributed by atoms with Crippen LogP contribution in [0.15, 0.2) is 35.5 Å². The lowest BCUT2D eigenvalue weighted by molar-refractivity contribution is 0.0596. The third kappa shape index (κ3) is 5.44. The molecule has 29 heavy (non-hydrogen) atoms. The second-order valence-electron chi connectivity index (χ2n) is 10.7. The molecule has 0 spiro atoms. The van der Waals surface area contributed by atoms with Crippen LogP contribution in [0.5, 0.6) is 0 Å². The SMILES string of the molecule is [2H]C([2H])([2H])[C@]12CCC/C(=C\C=C3\C[C@@H](O)CCC3=C)[C@@H]1CC[C@@H]2[C@@H](C)CCCC(C)(C)O. The summed E-state index contributed by atoms with van der Waals surface area (Å²) < 4.78 is 25.9. The molecule has 0 saturated heterocycles. The van der Waals surface area contributed by atoms with Crippen LogP contribution in [0.4, 0.5) is 0 Å². The predicted octanol–water partition coefficient (Wildman–Crippen LogP) is 6.73. The molecule has 0 aromatic rings. The Balaban J connectivity index is 1.84. The number of fused-ring (bicyclic) bond motifs is 1. The van der Waals surface area contributed by atoms with Crippen molar-refractivity contribution < 1.29 is 14.3 Å². The van der Waals surface area contributed by atoms with E-state index in [1.165, 1.54) is 5.57 Å². The molecule has 0 aromatic carbocycles. The second kappa shape index (κ2) is 9.10. The van der Waals surface area contributed by atoms with E-state index in [-0.39, 0.29) is 17.9 Å². The van der Waals surface area contributed by atoms with Gasteiger partial charge in [-0.15, -0.1) is 0 Å². The highest BCUT2D eigenvalue weighted by molar-refractivity contribution is 5.36. The largest absolute Gasteiger partial charge is 0.393 e. The minimum Gasteiger partial charge on any atom is -0.393 e. The van der Waals surface area contributed by atoms with Gasteiger partial charge in [-0.1, -0.05) is 56.5 Å². The van der Waals surface area contributed by atoms with Crippen LogP contribution < -0.4 is 0 Å². The number of allylic oxidation sites excluding steroid dienone is 4. The zero-order chi connectivity index (χ0) is 23.7. The van der Waals surface area contributed by atoms with Gasteiger partial charge in [0.25, 0.3) is 0 Å². The lowest BCUT2D eigenvalue weighted by Crippen LogP contribution is -2.36. The maximum atomic E-state index is 10.1. The Bertz CT molecular complexity index is 743. The first-order valence-corrected chi connectivity index (χ1v) is 11.8. The van der Waals surface area contributed by atoms with E-state index in [0.717, 1.165) is 75.4 Å². The van der Waals surface area contributed by atoms with E-state index in [1.807, 2.05) is 13.8 Å². The second-order valence-corrected chi connectivity index (χ2v) is 10.7. The normalized spacial score (nSPS) is 39.1. The zero-order valence-corrected chi connectivity index (χ0v) is 18.8. The summed E-state index contributed by atoms with van der Waals surface area (Å²) in [6.45, 7) is 8.13. The molecule has 0 aliphatic heterocycles. The molecule has 0 unspecified atom stereocenters. The van der Waals surface area contributed by atoms with Crippen LogP contribution in [-0.2, 0) is 0 Å². The van der Waals surface area contributed by atoms with Crippen molar-refractivity contribution in [3.8, 4) is 0 Å². The highest BCUT2D eigenvalue weighted by Crippen LogP contribution is 2.60. The average Bonchev–Trinajstić information content (AvgIpc) is 3.09. The van der Waals surface area contributed by atoms with E-state index in [1.54, 1.807) is 0 Å². The van der Waals surface area contributed by atoms with Gasteiger partial charge in [-0.3, -0.25) is 0 Å². The minimum absolute atomic E-state index is 0.115. The van der Waals surface area contributed by atoms with Gasteiger partial charge < -0.3 is 10.2 Å². The van der Waals surface area contributed by atoms with Crippen LogP contribution in [-0.4, -0.2) is 21.9 Å². The fourth-order valence-electron chi connectivity index (χ4n) is 6.20. The first kappa shape index (κ1) is 18.9. The summed E-state index contributed by atoms with van der Waals surface area (Å²) in [7, 11) is 0. The Morgan fingerprint density at radius 2 is 2.07 bits per heavy atom. The number of rotatable bonds is 6. The molecule has 0 amide bonds. The topological polar surface area (TPSA) is 40.5 Å². The molecule has 2 nitrogen and oxygen atoms in total. The van der Waals surface area contributed by atoms with Crippen molar-refractivity contribution in [3.05, 3.63) is 35.5 Å². The molecule has 3 aliphatic rings. The van der Waals surface area contributed by atoms with Gasteiger partial charge in [-0.05, 0) is 100 Å². The average molecular weight is 404 g/mol. The molecule has 3 saturated carbocycles. The van der Waals surface area contributed by atoms with E-state index >= 15 is 0 Å². The summed E-state index contributed by atoms with van der Waals surface area (Å²) in [5, 5.41) is 20.1. The molecule has 3 fully saturated rings. The van der Waals surface area contributed by atoms with Crippen molar-refractivity contribution in [2.24, 2.45) is 23.2 Å². The van der Waals surface area contributed by atoms with Gasteiger partial charge in [0.15, 0.2) is 0 Å². The number of aliphatic hydroxyl groups is 2. The quantitative estimate of drug-likeness (QED) is 0.516. The van der Waals surface area contributed by atoms with Crippen LogP contribution in [0.1, 0.15) is 102 Å². The monoisotopic (exact) mass is 403 g/mol. The van der Waals surface area contributed by atoms with Gasteiger partial charge in [0.1, 0.15) is 0 Å². The van der Waals surface area contributed by atoms with Gasteiger partial charge in [-0.2, -0.15) is 0 Å². The van der Waals surface area contributed by atoms with Gasteiger partial charge >= 0.3 is 0 Å². The maximum Gasteiger partial charge on any atom is 0.0591 e. The van der Waals surface area contributed by atoms with Crippen molar-refractivity contribution in [1.82, 2.24) is 0 Å². The molecule has 5 atom stereocenters. The number of hydrogen-bond acceptors (Lipinski definition) is 2. The Hall–Kier alpha value is -0.860. The molecule has 0 radical (unpaired) electrons. The van der Waals surface area contributed by atoms with E-state index in [9.17, 15) is 10.2 Å². The summed E-state index contributed by atoms with van der Waals surface area (Å²) in [5.74, 6) is 0.655. The first-order chi connectivity index (χ1) is 14.8. The third-order valence-corrected chi connectivity index (χ3v) is 7.88. The minimum atomic E-state index is -1.97. The van der Waals surface area contributed by atoms with Crippen molar-refractivity contribution in [1.29, 1.82) is 0 Å². The molecular weight excluding hydrogens is 356 g/mol. The van der Waals surface area contributed by atoms with Crippen molar-refractivity contribution in [2.45, 2.75) is 110 Å². The Morgan fingerprint density at radius 3 is 2.79 bits per heavy atom. The Morgan fingerprint density at radius 1 is 1.28 bits per heavy atom. The highest BCUT2D eigenvalue weighted by atomic mass is 16.3. The van der Waals surface area contributed by atoms with Gasteiger partial charge in [-0.25, -0.2) is 0 Å². The highest BCUT2D eigenvalue weighted by Gasteiger charge is 2.50. The summed E-state index contributed by atoms with van der Waals surface area (Å²) in [6, 6.07) is 0. The molecular formula is C27H44O2. The van der Waals surface area contributed by atoms with Crippen LogP contribution >= 0.6 is 0 Å². The lowest BCUT2D eigenvalue weighted by Gasteiger charge is -2.44. The smallest absolute Gasteiger partial charge is 0.0591 e. The predicted molar refractivity (Wildman–Crippen MR) is 123 cm³/mol. The number of hydrogen-bond donors (Lipinski definition) is 2. The standard InChI is InChI=1S/C27H44O2/c1-19-10-13-23(28)18-22(19)12-11-21-9-7-17-27(5)24(14-15-25(21)27)20(2)8-6-16-26(3,4)29/h11-12,20,23-25,28-29H,1,6-10,13-18H2,2-5H3/b21-11+,22-12-/t20-,23-,24+,25-,27+/m0/s1/i5D3. The molecule has 3 aliphatic carbocycles. The summed E-state index contributed by atoms with van der Waals surface area (Å²) in [4.78, 5) is 0. The van der Waals surface area contributed by atoms with Crippen molar-refractivity contribution in [2.75, 3.05) is 0 Å². The van der Waals surface area contributed by atoms with Crippen LogP contribution in [0.25, 0.3) is 0 Å². The van der Waals surface area contributed by atoms with Crippen LogP contribution in [0.2, 0.25) is 0 Å². The van der Waals surface area contributed by atoms with Crippen LogP contribution in [0, 0.1) is 23.2 Å². The van der Waals surface area contributed by atoms with Crippen LogP contribution in [0.3, 0.4) is 0 Å². The molecule has 2 heteroatoms. The summed E-state index contributed by atoms with van der Waals surface area (Å²) in [5.41, 5.74) is 2.22. The molecule has 2 N–H and O–H groups in total. The Labute approximate surface area is 183 Å². The number of aliphatic hydroxyl groups excluding tert-OH is 1. The summed E-state index contributed by atoms with van der Waals surface area (Å²) in [6.07, 6.45) is 13.6. The molecule has 0 aromatic heterocycles. The molecule has 0 bridgehead atoms. The van der Waals surface area contributed by atoms with Crippen molar-refractivity contribution >= 4 is 0 Å². The zero-order valence-electron chi connectivity index (χ0n) is 21.8. The van der Waals surface area contributed by atoms with E-state index < -0.39 is 17.9 Å². The lowest BCUT2D eigenvalue weighted by atomic mass is 9.60. The molecule has 0 heterocycles. The molecule has 3 rings (SSSR count). The first-order valence-electron chi connectivity index (χ1n) is 13.3. The van der Waals surface area contributed by atoms with Crippen molar-refractivity contribution in [3.63, 3.8) is 0 Å². The van der Waals surface area contributed by atoms with E-state index in [4.69, 9.17) is 4.11 Å². The Kier molecular flexibility index (Phi) is 5.92. The third-order valence-electron chi connectivity index (χ3n) is 7.88. The van der Waals surface area contributed by atoms with E-state index in [2.05, 4.69) is 25.7 Å². The fourth-order valence-corrected chi connectivity index (χ4v) is 6.20. The maximum absolute atomic E-state index is 10.1.